The van der Waals surface area contributed by atoms with Crippen LogP contribution in [0.25, 0.3) is 0 Å². The second-order valence-corrected chi connectivity index (χ2v) is 7.06. The highest BCUT2D eigenvalue weighted by Gasteiger charge is 2.01. The number of aliphatic carboxylic acids is 1. The van der Waals surface area contributed by atoms with Crippen LogP contribution in [0.15, 0.2) is 12.2 Å². The average molecular weight is 415 g/mol. The number of esters is 1. The van der Waals surface area contributed by atoms with Crippen molar-refractivity contribution in [1.29, 1.82) is 0 Å². The maximum absolute atomic E-state index is 10.5. The van der Waals surface area contributed by atoms with E-state index in [9.17, 15) is 14.4 Å². The molecule has 0 rings (SSSR count). The molecule has 0 aliphatic rings. The van der Waals surface area contributed by atoms with Crippen molar-refractivity contribution >= 4 is 17.8 Å². The number of carbonyl (C=O) groups excluding carboxylic acids is 2. The Morgan fingerprint density at radius 2 is 1.31 bits per heavy atom. The summed E-state index contributed by atoms with van der Waals surface area (Å²) in [6.07, 6.45) is 21.9. The number of allylic oxidation sites excluding steroid dienone is 2. The Balaban J connectivity index is 0. The number of hydrogen-bond donors (Lipinski definition) is 3. The molecule has 1 amide bonds. The molecular weight excluding hydrogens is 372 g/mol. The zero-order valence-electron chi connectivity index (χ0n) is 18.2. The van der Waals surface area contributed by atoms with Crippen LogP contribution >= 0.6 is 0 Å². The molecule has 0 radical (unpaired) electrons. The minimum atomic E-state index is -1.18. The number of rotatable bonds is 18. The second kappa shape index (κ2) is 24.1. The van der Waals surface area contributed by atoms with Crippen LogP contribution in [0.3, 0.4) is 0 Å². The molecule has 0 spiro atoms. The Kier molecular flexibility index (Phi) is 24.4. The predicted octanol–water partition coefficient (Wildman–Crippen LogP) is 4.08. The van der Waals surface area contributed by atoms with Gasteiger partial charge in [-0.3, -0.25) is 9.59 Å². The van der Waals surface area contributed by atoms with E-state index in [0.29, 0.717) is 6.42 Å². The number of unbranched alkanes of at least 4 members (excludes halogenated alkanes) is 11. The number of carboxylic acids is 1. The number of ether oxygens (including phenoxy) is 1. The zero-order chi connectivity index (χ0) is 22.2. The van der Waals surface area contributed by atoms with E-state index in [1.165, 1.54) is 70.6 Å². The van der Waals surface area contributed by atoms with E-state index in [-0.39, 0.29) is 12.5 Å². The van der Waals surface area contributed by atoms with E-state index in [1.807, 2.05) is 0 Å². The number of carbonyl (C=O) groups is 3. The molecule has 7 nitrogen and oxygen atoms in total. The van der Waals surface area contributed by atoms with Crippen LogP contribution in [0.4, 0.5) is 0 Å². The third-order valence-corrected chi connectivity index (χ3v) is 4.21. The summed E-state index contributed by atoms with van der Waals surface area (Å²) in [4.78, 5) is 30.4. The average Bonchev–Trinajstić information content (AvgIpc) is 2.69. The molecule has 0 bridgehead atoms. The van der Waals surface area contributed by atoms with Crippen LogP contribution in [0.2, 0.25) is 0 Å². The van der Waals surface area contributed by atoms with E-state index in [1.54, 1.807) is 0 Å². The molecule has 5 N–H and O–H groups in total. The van der Waals surface area contributed by atoms with Gasteiger partial charge in [-0.25, -0.2) is 4.79 Å². The molecule has 0 saturated carbocycles. The summed E-state index contributed by atoms with van der Waals surface area (Å²) in [5.41, 5.74) is 9.89. The lowest BCUT2D eigenvalue weighted by Gasteiger charge is -1.99. The van der Waals surface area contributed by atoms with Gasteiger partial charge < -0.3 is 21.3 Å². The highest BCUT2D eigenvalue weighted by Crippen LogP contribution is 2.09. The van der Waals surface area contributed by atoms with Gasteiger partial charge in [-0.05, 0) is 32.1 Å². The van der Waals surface area contributed by atoms with Crippen molar-refractivity contribution in [2.45, 2.75) is 96.8 Å². The fourth-order valence-electron chi connectivity index (χ4n) is 2.57. The van der Waals surface area contributed by atoms with E-state index in [2.05, 4.69) is 23.8 Å². The van der Waals surface area contributed by atoms with Crippen LogP contribution in [-0.2, 0) is 19.1 Å². The molecule has 0 atom stereocenters. The first-order valence-corrected chi connectivity index (χ1v) is 10.9. The molecule has 0 aromatic heterocycles. The molecule has 0 aromatic carbocycles. The van der Waals surface area contributed by atoms with Gasteiger partial charge in [0.05, 0.1) is 6.54 Å². The fraction of sp³-hybridized carbons (Fsp3) is 0.773. The highest BCUT2D eigenvalue weighted by molar-refractivity contribution is 5.76. The van der Waals surface area contributed by atoms with Gasteiger partial charge >= 0.3 is 11.9 Å². The second-order valence-electron chi connectivity index (χ2n) is 7.06. The molecule has 0 aliphatic heterocycles. The van der Waals surface area contributed by atoms with Gasteiger partial charge in [-0.1, -0.05) is 70.4 Å². The molecule has 0 unspecified atom stereocenters. The number of primary amides is 1. The number of amides is 1. The topological polar surface area (TPSA) is 133 Å². The van der Waals surface area contributed by atoms with Gasteiger partial charge in [0.1, 0.15) is 0 Å². The van der Waals surface area contributed by atoms with E-state index in [4.69, 9.17) is 16.6 Å². The quantitative estimate of drug-likeness (QED) is 0.176. The van der Waals surface area contributed by atoms with Crippen LogP contribution in [0.5, 0.6) is 0 Å². The molecule has 170 valence electrons. The third kappa shape index (κ3) is 31.0. The van der Waals surface area contributed by atoms with Crippen molar-refractivity contribution < 1.29 is 24.2 Å². The zero-order valence-corrected chi connectivity index (χ0v) is 18.2. The maximum atomic E-state index is 10.5. The summed E-state index contributed by atoms with van der Waals surface area (Å²) < 4.78 is 4.09. The molecule has 29 heavy (non-hydrogen) atoms. The van der Waals surface area contributed by atoms with Crippen molar-refractivity contribution in [2.75, 3.05) is 13.2 Å². The van der Waals surface area contributed by atoms with Crippen LogP contribution in [0, 0.1) is 0 Å². The Hall–Kier alpha value is -1.89. The highest BCUT2D eigenvalue weighted by atomic mass is 16.5. The molecule has 0 saturated heterocycles. The number of nitrogens with two attached hydrogens (primary N) is 2. The lowest BCUT2D eigenvalue weighted by atomic mass is 10.1. The van der Waals surface area contributed by atoms with Crippen molar-refractivity contribution in [3.63, 3.8) is 0 Å². The van der Waals surface area contributed by atoms with Gasteiger partial charge in [0.25, 0.3) is 0 Å². The third-order valence-electron chi connectivity index (χ3n) is 4.21. The lowest BCUT2D eigenvalue weighted by Crippen LogP contribution is -2.20. The summed E-state index contributed by atoms with van der Waals surface area (Å²) >= 11 is 0. The summed E-state index contributed by atoms with van der Waals surface area (Å²) in [5.74, 6) is -2.06. The van der Waals surface area contributed by atoms with Gasteiger partial charge in [0, 0.05) is 6.42 Å². The van der Waals surface area contributed by atoms with Crippen LogP contribution < -0.4 is 11.5 Å². The van der Waals surface area contributed by atoms with Crippen molar-refractivity contribution in [2.24, 2.45) is 11.5 Å². The summed E-state index contributed by atoms with van der Waals surface area (Å²) in [5, 5.41) is 7.94. The van der Waals surface area contributed by atoms with E-state index < -0.39 is 18.5 Å². The SMILES string of the molecule is CCCCCCCC/C=C\CCCCCCCC(N)=O.NCC(=O)OCC(=O)O. The Labute approximate surface area is 176 Å². The number of hydrogen-bond acceptors (Lipinski definition) is 5. The van der Waals surface area contributed by atoms with Crippen molar-refractivity contribution in [3.05, 3.63) is 12.2 Å². The Morgan fingerprint density at radius 1 is 0.828 bits per heavy atom. The molecule has 7 heteroatoms. The van der Waals surface area contributed by atoms with E-state index in [0.717, 1.165) is 12.8 Å². The Bertz CT molecular complexity index is 439. The van der Waals surface area contributed by atoms with Crippen molar-refractivity contribution in [3.8, 4) is 0 Å². The smallest absolute Gasteiger partial charge is 0.341 e. The van der Waals surface area contributed by atoms with Gasteiger partial charge in [0.2, 0.25) is 5.91 Å². The molecule has 0 fully saturated rings. The summed E-state index contributed by atoms with van der Waals surface area (Å²) in [6, 6.07) is 0. The van der Waals surface area contributed by atoms with Gasteiger partial charge in [0.15, 0.2) is 6.61 Å². The predicted molar refractivity (Wildman–Crippen MR) is 116 cm³/mol. The van der Waals surface area contributed by atoms with Crippen molar-refractivity contribution in [1.82, 2.24) is 0 Å². The minimum absolute atomic E-state index is 0.164. The summed E-state index contributed by atoms with van der Waals surface area (Å²) in [7, 11) is 0. The Morgan fingerprint density at radius 3 is 1.76 bits per heavy atom. The molecule has 0 aromatic rings. The fourth-order valence-corrected chi connectivity index (χ4v) is 2.57. The maximum Gasteiger partial charge on any atom is 0.341 e. The molecule has 0 aliphatic carbocycles. The normalized spacial score (nSPS) is 10.4. The van der Waals surface area contributed by atoms with Crippen LogP contribution in [0.1, 0.15) is 96.8 Å². The standard InChI is InChI=1S/C18H35NO.C4H7NO4/c1-2-3-4-5-6-7-8-9-10-11-12-13-14-15-16-17-18(19)20;5-1-4(8)9-2-3(6)7/h9-10H,2-8,11-17H2,1H3,(H2,19,20);1-2,5H2,(H,6,7)/b10-9-;. The van der Waals surface area contributed by atoms with Gasteiger partial charge in [-0.15, -0.1) is 0 Å². The first kappa shape index (κ1) is 29.3. The number of carboxylic acid groups (broad SMARTS) is 1. The van der Waals surface area contributed by atoms with Crippen LogP contribution in [-0.4, -0.2) is 36.1 Å². The largest absolute Gasteiger partial charge is 0.479 e. The monoisotopic (exact) mass is 414 g/mol. The lowest BCUT2D eigenvalue weighted by molar-refractivity contribution is -0.154. The van der Waals surface area contributed by atoms with E-state index >= 15 is 0 Å². The first-order valence-electron chi connectivity index (χ1n) is 10.9. The van der Waals surface area contributed by atoms with Gasteiger partial charge in [-0.2, -0.15) is 0 Å². The first-order chi connectivity index (χ1) is 13.9. The summed E-state index contributed by atoms with van der Waals surface area (Å²) in [6.45, 7) is 1.36. The minimum Gasteiger partial charge on any atom is -0.479 e. The molecular formula is C22H42N2O5. The molecule has 0 heterocycles.